The third-order valence-corrected chi connectivity index (χ3v) is 10.6. The molecule has 3 atom stereocenters. The average Bonchev–Trinajstić information content (AvgIpc) is 3.70. The number of aromatic nitrogens is 1. The Labute approximate surface area is 278 Å². The highest BCUT2D eigenvalue weighted by molar-refractivity contribution is 7.77. The summed E-state index contributed by atoms with van der Waals surface area (Å²) in [5.41, 5.74) is 12.3. The molecule has 7 rings (SSSR count). The van der Waals surface area contributed by atoms with Gasteiger partial charge in [-0.2, -0.15) is 0 Å². The van der Waals surface area contributed by atoms with Gasteiger partial charge in [0.05, 0.1) is 18.2 Å². The van der Waals surface area contributed by atoms with Gasteiger partial charge in [0, 0.05) is 53.6 Å². The number of amides is 2. The fourth-order valence-electron chi connectivity index (χ4n) is 8.39. The van der Waals surface area contributed by atoms with Crippen LogP contribution in [0.1, 0.15) is 78.8 Å². The summed E-state index contributed by atoms with van der Waals surface area (Å²) in [6, 6.07) is 12.2. The molecule has 3 unspecified atom stereocenters. The van der Waals surface area contributed by atoms with Crippen molar-refractivity contribution < 1.29 is 14.3 Å². The molecule has 2 saturated carbocycles. The van der Waals surface area contributed by atoms with Gasteiger partial charge in [-0.05, 0) is 86.6 Å². The number of carbonyl (C=O) groups excluding carboxylic acids is 2. The molecule has 2 aliphatic heterocycles. The number of methoxy groups -OCH3 is 1. The summed E-state index contributed by atoms with van der Waals surface area (Å²) in [4.78, 5) is 28.9. The second kappa shape index (κ2) is 12.5. The van der Waals surface area contributed by atoms with E-state index >= 15 is 0 Å². The van der Waals surface area contributed by atoms with Gasteiger partial charge < -0.3 is 19.9 Å². The lowest BCUT2D eigenvalue weighted by atomic mass is 9.37. The molecule has 4 aliphatic rings. The minimum Gasteiger partial charge on any atom is -0.497 e. The third-order valence-electron chi connectivity index (χ3n) is 10.6. The molecule has 0 radical (unpaired) electrons. The van der Waals surface area contributed by atoms with E-state index in [1.54, 1.807) is 11.4 Å². The molecule has 2 amide bonds. The number of hydrogen-bond donors (Lipinski definition) is 2. The van der Waals surface area contributed by atoms with Crippen LogP contribution in [0.5, 0.6) is 5.75 Å². The van der Waals surface area contributed by atoms with Crippen LogP contribution in [0.2, 0.25) is 5.82 Å². The maximum absolute atomic E-state index is 14.6. The number of rotatable bonds is 4. The Balaban J connectivity index is 0.000000879. The van der Waals surface area contributed by atoms with E-state index in [1.165, 1.54) is 30.5 Å². The van der Waals surface area contributed by atoms with Crippen molar-refractivity contribution >= 4 is 42.2 Å². The molecule has 10 heteroatoms. The number of fused-ring (bicyclic) bond motifs is 7. The molecule has 0 bridgehead atoms. The molecule has 1 aromatic heterocycles. The number of ether oxygens (including phenoxy) is 1. The quantitative estimate of drug-likeness (QED) is 0.261. The number of hydrogen-bond acceptors (Lipinski definition) is 6. The molecular formula is C36H44BN5O3S. The Bertz CT molecular complexity index is 1750. The molecule has 3 aromatic rings. The van der Waals surface area contributed by atoms with Gasteiger partial charge in [-0.1, -0.05) is 50.5 Å². The average molecular weight is 638 g/mol. The van der Waals surface area contributed by atoms with E-state index in [1.807, 2.05) is 44.1 Å². The lowest BCUT2D eigenvalue weighted by Crippen LogP contribution is -2.49. The Kier molecular flexibility index (Phi) is 8.77. The maximum atomic E-state index is 14.6. The predicted molar refractivity (Wildman–Crippen MR) is 187 cm³/mol. The van der Waals surface area contributed by atoms with Crippen molar-refractivity contribution in [1.82, 2.24) is 13.8 Å². The highest BCUT2D eigenvalue weighted by atomic mass is 32.1. The highest BCUT2D eigenvalue weighted by Gasteiger charge is 2.64. The zero-order valence-electron chi connectivity index (χ0n) is 27.4. The summed E-state index contributed by atoms with van der Waals surface area (Å²) >= 11 is 3.80. The van der Waals surface area contributed by atoms with Gasteiger partial charge in [-0.25, -0.2) is 5.26 Å². The van der Waals surface area contributed by atoms with Crippen LogP contribution >= 0.6 is 12.8 Å². The van der Waals surface area contributed by atoms with Gasteiger partial charge >= 0.3 is 6.71 Å². The van der Waals surface area contributed by atoms with Gasteiger partial charge in [0.1, 0.15) is 5.75 Å². The number of primary amides is 1. The summed E-state index contributed by atoms with van der Waals surface area (Å²) in [6.45, 7) is 7.49. The Morgan fingerprint density at radius 2 is 1.89 bits per heavy atom. The van der Waals surface area contributed by atoms with E-state index < -0.39 is 11.3 Å². The lowest BCUT2D eigenvalue weighted by Gasteiger charge is -2.36. The molecule has 3 fully saturated rings. The molecule has 2 aromatic carbocycles. The van der Waals surface area contributed by atoms with Crippen molar-refractivity contribution in [2.24, 2.45) is 11.1 Å². The molecule has 1 saturated heterocycles. The summed E-state index contributed by atoms with van der Waals surface area (Å²) in [6.07, 6.45) is 6.69. The SMILES string of the molecule is C=C1CN(C(=O)C23CC2c2cc(OC)ccc2-c2c(C4CCCCC4)c4ccc(C(N)=O)cc4n2C3)CC(C)B1C#N.CN(C)S. The lowest BCUT2D eigenvalue weighted by molar-refractivity contribution is -0.137. The summed E-state index contributed by atoms with van der Waals surface area (Å²) < 4.78 is 9.72. The van der Waals surface area contributed by atoms with E-state index in [9.17, 15) is 14.9 Å². The molecule has 240 valence electrons. The van der Waals surface area contributed by atoms with Crippen LogP contribution in [0.25, 0.3) is 22.2 Å². The second-order valence-electron chi connectivity index (χ2n) is 13.9. The van der Waals surface area contributed by atoms with Crippen LogP contribution in [0.15, 0.2) is 48.4 Å². The smallest absolute Gasteiger partial charge is 0.301 e. The first-order valence-corrected chi connectivity index (χ1v) is 16.8. The van der Waals surface area contributed by atoms with Crippen molar-refractivity contribution in [2.75, 3.05) is 34.3 Å². The first kappa shape index (κ1) is 32.3. The van der Waals surface area contributed by atoms with Crippen LogP contribution in [0.3, 0.4) is 0 Å². The van der Waals surface area contributed by atoms with Gasteiger partial charge in [0.2, 0.25) is 11.8 Å². The van der Waals surface area contributed by atoms with Crippen LogP contribution < -0.4 is 10.5 Å². The normalized spacial score (nSPS) is 23.8. The molecule has 2 N–H and O–H groups in total. The number of benzene rings is 2. The van der Waals surface area contributed by atoms with E-state index in [0.717, 1.165) is 52.5 Å². The van der Waals surface area contributed by atoms with E-state index in [4.69, 9.17) is 10.5 Å². The molecule has 0 spiro atoms. The first-order chi connectivity index (χ1) is 22.0. The summed E-state index contributed by atoms with van der Waals surface area (Å²) in [7, 11) is 5.41. The van der Waals surface area contributed by atoms with Crippen molar-refractivity contribution in [1.29, 1.82) is 5.26 Å². The second-order valence-corrected chi connectivity index (χ2v) is 14.7. The van der Waals surface area contributed by atoms with Crippen molar-refractivity contribution in [3.8, 4) is 23.0 Å². The van der Waals surface area contributed by atoms with Crippen molar-refractivity contribution in [2.45, 2.75) is 69.6 Å². The monoisotopic (exact) mass is 637 g/mol. The fourth-order valence-corrected chi connectivity index (χ4v) is 8.39. The van der Waals surface area contributed by atoms with Gasteiger partial charge in [0.25, 0.3) is 0 Å². The Morgan fingerprint density at radius 3 is 2.52 bits per heavy atom. The van der Waals surface area contributed by atoms with E-state index in [-0.39, 0.29) is 24.4 Å². The van der Waals surface area contributed by atoms with Crippen LogP contribution in [0, 0.1) is 16.6 Å². The number of nitriles is 1. The predicted octanol–water partition coefficient (Wildman–Crippen LogP) is 6.23. The molecule has 2 aliphatic carbocycles. The highest BCUT2D eigenvalue weighted by Crippen LogP contribution is 2.66. The first-order valence-electron chi connectivity index (χ1n) is 16.4. The number of thiol groups is 1. The van der Waals surface area contributed by atoms with Gasteiger partial charge in [0.15, 0.2) is 0 Å². The topological polar surface area (TPSA) is 105 Å². The van der Waals surface area contributed by atoms with Crippen LogP contribution in [0.4, 0.5) is 0 Å². The van der Waals surface area contributed by atoms with Gasteiger partial charge in [-0.15, -0.1) is 6.58 Å². The van der Waals surface area contributed by atoms with Gasteiger partial charge in [-0.3, -0.25) is 13.9 Å². The molecule has 8 nitrogen and oxygen atoms in total. The molecule has 46 heavy (non-hydrogen) atoms. The number of carbonyl (C=O) groups is 2. The third kappa shape index (κ3) is 5.52. The minimum atomic E-state index is -0.621. The molecular weight excluding hydrogens is 593 g/mol. The Hall–Kier alpha value is -3.68. The van der Waals surface area contributed by atoms with Crippen molar-refractivity contribution in [3.63, 3.8) is 0 Å². The maximum Gasteiger partial charge on any atom is 0.301 e. The van der Waals surface area contributed by atoms with E-state index in [0.29, 0.717) is 31.1 Å². The standard InChI is InChI=1S/C34H37BN4O3.C2H7NS/c1-20-16-38(17-21(2)35(20)19-36)33(41)34-15-28(34)27-14-24(42-3)10-12-25(27)31-30(22-7-5-4-6-8-22)26-11-9-23(32(37)40)13-29(26)39(31)18-34;1-3(2)4/h9-14,21-22,28H,1,4-8,15-18H2,2-3H3,(H2,37,40);4H,1-2H3. The largest absolute Gasteiger partial charge is 0.497 e. The summed E-state index contributed by atoms with van der Waals surface area (Å²) in [5, 5.41) is 10.8. The molecule has 3 heterocycles. The van der Waals surface area contributed by atoms with Crippen molar-refractivity contribution in [3.05, 3.63) is 65.1 Å². The summed E-state index contributed by atoms with van der Waals surface area (Å²) in [5.74, 6) is 3.36. The zero-order chi connectivity index (χ0) is 32.9. The zero-order valence-corrected chi connectivity index (χ0v) is 28.3. The van der Waals surface area contributed by atoms with Crippen LogP contribution in [-0.4, -0.2) is 66.6 Å². The Morgan fingerprint density at radius 1 is 1.17 bits per heavy atom. The fraction of sp³-hybridized carbons (Fsp3) is 0.472. The van der Waals surface area contributed by atoms with Crippen LogP contribution in [-0.2, 0) is 11.3 Å². The number of nitrogens with zero attached hydrogens (tertiary/aromatic N) is 4. The number of nitrogens with two attached hydrogens (primary N) is 1. The minimum absolute atomic E-state index is 0.0333. The van der Waals surface area contributed by atoms with E-state index in [2.05, 4.69) is 48.1 Å².